The van der Waals surface area contributed by atoms with Crippen LogP contribution in [0.4, 0.5) is 28.4 Å². The number of nitrogen functional groups attached to an aromatic ring is 1. The van der Waals surface area contributed by atoms with Gasteiger partial charge in [-0.3, -0.25) is 0 Å². The van der Waals surface area contributed by atoms with E-state index in [0.29, 0.717) is 28.3 Å². The maximum Gasteiger partial charge on any atom is 0.588 e. The van der Waals surface area contributed by atoms with Gasteiger partial charge in [0.1, 0.15) is 5.75 Å². The molecule has 0 saturated heterocycles. The number of hydrogen-bond acceptors (Lipinski definition) is 3. The van der Waals surface area contributed by atoms with Gasteiger partial charge in [0.2, 0.25) is 13.1 Å². The van der Waals surface area contributed by atoms with Gasteiger partial charge in [0, 0.05) is 29.5 Å². The number of hydrogen-bond donors (Lipinski definition) is 1. The van der Waals surface area contributed by atoms with Crippen molar-refractivity contribution in [1.82, 2.24) is 0 Å². The van der Waals surface area contributed by atoms with E-state index in [1.165, 1.54) is 4.90 Å². The lowest BCUT2D eigenvalue weighted by atomic mass is 9.84. The van der Waals surface area contributed by atoms with Crippen molar-refractivity contribution < 1.29 is 21.7 Å². The van der Waals surface area contributed by atoms with Gasteiger partial charge in [0.25, 0.3) is 0 Å². The van der Waals surface area contributed by atoms with E-state index in [2.05, 4.69) is 0 Å². The molecule has 1 aliphatic rings. The Morgan fingerprint density at radius 2 is 1.67 bits per heavy atom. The van der Waals surface area contributed by atoms with E-state index in [9.17, 15) is 17.0 Å². The Balaban J connectivity index is 1.93. The van der Waals surface area contributed by atoms with Crippen molar-refractivity contribution in [2.24, 2.45) is 0 Å². The number of anilines is 2. The maximum atomic E-state index is 13.7. The summed E-state index contributed by atoms with van der Waals surface area (Å²) in [5, 5.41) is 0. The van der Waals surface area contributed by atoms with Crippen molar-refractivity contribution in [2.75, 3.05) is 23.8 Å². The summed E-state index contributed by atoms with van der Waals surface area (Å²) in [5.41, 5.74) is 10.9. The lowest BCUT2D eigenvalue weighted by molar-refractivity contribution is 0.191. The summed E-state index contributed by atoms with van der Waals surface area (Å²) in [7, 11) is -5.64. The first-order chi connectivity index (χ1) is 14.3. The SMILES string of the molecule is Cc1ccc2c(c1)N(C[P+](F)(F)F)C(c1ccc(OCF)cc1)c1cc(N)ccc1-2. The van der Waals surface area contributed by atoms with Gasteiger partial charge in [-0.25, -0.2) is 4.39 Å². The number of benzene rings is 3. The second-order valence-corrected chi connectivity index (χ2v) is 8.64. The number of nitrogens with zero attached hydrogens (tertiary/aromatic N) is 1. The van der Waals surface area contributed by atoms with Crippen molar-refractivity contribution in [1.29, 1.82) is 0 Å². The molecule has 0 spiro atoms. The molecule has 3 nitrogen and oxygen atoms in total. The van der Waals surface area contributed by atoms with Gasteiger partial charge in [-0.15, -0.1) is 0 Å². The number of halogens is 4. The van der Waals surface area contributed by atoms with Gasteiger partial charge in [-0.05, 0) is 59.5 Å². The van der Waals surface area contributed by atoms with E-state index in [-0.39, 0.29) is 0 Å². The fraction of sp³-hybridized carbons (Fsp3) is 0.182. The molecular formula is C22H20F4N2OP+. The van der Waals surface area contributed by atoms with Crippen LogP contribution in [-0.4, -0.2) is 13.1 Å². The fourth-order valence-corrected chi connectivity index (χ4v) is 4.63. The molecule has 0 bridgehead atoms. The van der Waals surface area contributed by atoms with Crippen molar-refractivity contribution in [3.63, 3.8) is 0 Å². The minimum Gasteiger partial charge on any atom is -0.463 e. The van der Waals surface area contributed by atoms with Gasteiger partial charge < -0.3 is 15.4 Å². The van der Waals surface area contributed by atoms with Crippen LogP contribution < -0.4 is 15.4 Å². The van der Waals surface area contributed by atoms with Gasteiger partial charge in [0.05, 0.1) is 6.04 Å². The molecule has 1 unspecified atom stereocenters. The predicted octanol–water partition coefficient (Wildman–Crippen LogP) is 7.09. The van der Waals surface area contributed by atoms with Crippen molar-refractivity contribution in [3.05, 3.63) is 77.4 Å². The van der Waals surface area contributed by atoms with E-state index in [4.69, 9.17) is 10.5 Å². The van der Waals surface area contributed by atoms with Crippen molar-refractivity contribution in [2.45, 2.75) is 13.0 Å². The van der Waals surface area contributed by atoms with E-state index in [1.54, 1.807) is 42.5 Å². The van der Waals surface area contributed by atoms with Gasteiger partial charge in [0.15, 0.2) is 0 Å². The number of aryl methyl sites for hydroxylation is 1. The summed E-state index contributed by atoms with van der Waals surface area (Å²) in [5.74, 6) is 0.316. The lowest BCUT2D eigenvalue weighted by Crippen LogP contribution is -2.33. The molecule has 1 heterocycles. The van der Waals surface area contributed by atoms with Crippen LogP contribution in [0, 0.1) is 6.92 Å². The average Bonchev–Trinajstić information content (AvgIpc) is 2.68. The molecule has 1 aliphatic heterocycles. The maximum absolute atomic E-state index is 13.7. The number of rotatable bonds is 5. The zero-order chi connectivity index (χ0) is 21.5. The molecule has 8 heteroatoms. The smallest absolute Gasteiger partial charge is 0.463 e. The topological polar surface area (TPSA) is 38.5 Å². The minimum atomic E-state index is -5.64. The highest BCUT2D eigenvalue weighted by Gasteiger charge is 2.49. The molecule has 0 aromatic heterocycles. The summed E-state index contributed by atoms with van der Waals surface area (Å²) in [6.07, 6.45) is -1.01. The molecule has 1 atom stereocenters. The lowest BCUT2D eigenvalue weighted by Gasteiger charge is -2.39. The van der Waals surface area contributed by atoms with Gasteiger partial charge >= 0.3 is 8.19 Å². The zero-order valence-electron chi connectivity index (χ0n) is 16.2. The quantitative estimate of drug-likeness (QED) is 0.264. The highest BCUT2D eigenvalue weighted by molar-refractivity contribution is 7.60. The van der Waals surface area contributed by atoms with Crippen LogP contribution in [-0.2, 0) is 0 Å². The fourth-order valence-electron chi connectivity index (χ4n) is 3.97. The zero-order valence-corrected chi connectivity index (χ0v) is 17.1. The predicted molar refractivity (Wildman–Crippen MR) is 114 cm³/mol. The Bertz CT molecular complexity index is 1070. The summed E-state index contributed by atoms with van der Waals surface area (Å²) in [6.45, 7) is 0.886. The van der Waals surface area contributed by atoms with Crippen LogP contribution in [0.25, 0.3) is 11.1 Å². The summed E-state index contributed by atoms with van der Waals surface area (Å²) >= 11 is 0. The Morgan fingerprint density at radius 1 is 0.967 bits per heavy atom. The van der Waals surface area contributed by atoms with Crippen molar-refractivity contribution in [3.8, 4) is 16.9 Å². The first-order valence-corrected chi connectivity index (χ1v) is 10.9. The van der Waals surface area contributed by atoms with Gasteiger partial charge in [-0.1, -0.05) is 30.3 Å². The summed E-state index contributed by atoms with van der Waals surface area (Å²) < 4.78 is 58.5. The van der Waals surface area contributed by atoms with E-state index in [1.807, 2.05) is 25.1 Å². The normalized spacial score (nSPS) is 15.5. The molecule has 0 saturated carbocycles. The molecule has 156 valence electrons. The standard InChI is InChI=1S/C22H20F4N2OP/c1-14-2-8-19-18-9-5-16(27)11-20(18)22(15-3-6-17(7-4-15)29-12-23)28(21(19)10-14)13-30(24,25)26/h2-11,22H,12-13,27H2,1H3/q+1. The van der Waals surface area contributed by atoms with Gasteiger partial charge in [-0.2, -0.15) is 0 Å². The first-order valence-electron chi connectivity index (χ1n) is 9.29. The molecule has 3 aromatic carbocycles. The number of fused-ring (bicyclic) bond motifs is 3. The number of ether oxygens (including phenoxy) is 1. The highest BCUT2D eigenvalue weighted by Crippen LogP contribution is 2.66. The second-order valence-electron chi connectivity index (χ2n) is 7.25. The van der Waals surface area contributed by atoms with E-state index >= 15 is 0 Å². The highest BCUT2D eigenvalue weighted by atomic mass is 31.3. The first kappa shape index (κ1) is 20.5. The molecule has 0 aliphatic carbocycles. The minimum absolute atomic E-state index is 0.316. The monoisotopic (exact) mass is 435 g/mol. The average molecular weight is 435 g/mol. The third-order valence-corrected chi connectivity index (χ3v) is 5.79. The largest absolute Gasteiger partial charge is 0.588 e. The van der Waals surface area contributed by atoms with E-state index in [0.717, 1.165) is 16.7 Å². The molecule has 2 N–H and O–H groups in total. The summed E-state index contributed by atoms with van der Waals surface area (Å²) in [6, 6.07) is 16.7. The van der Waals surface area contributed by atoms with E-state index < -0.39 is 27.4 Å². The third-order valence-electron chi connectivity index (χ3n) is 5.16. The Morgan fingerprint density at radius 3 is 2.33 bits per heavy atom. The molecule has 30 heavy (non-hydrogen) atoms. The van der Waals surface area contributed by atoms with Crippen LogP contribution in [0.1, 0.15) is 22.7 Å². The third kappa shape index (κ3) is 3.94. The Kier molecular flexibility index (Phi) is 5.33. The molecule has 0 radical (unpaired) electrons. The number of nitrogens with two attached hydrogens (primary N) is 1. The number of alkyl halides is 1. The molecular weight excluding hydrogens is 415 g/mol. The molecule has 3 aromatic rings. The Hall–Kier alpha value is -2.79. The van der Waals surface area contributed by atoms with Crippen LogP contribution in [0.3, 0.4) is 0 Å². The molecule has 0 amide bonds. The van der Waals surface area contributed by atoms with Crippen LogP contribution >= 0.6 is 8.19 Å². The van der Waals surface area contributed by atoms with Crippen LogP contribution in [0.15, 0.2) is 60.7 Å². The van der Waals surface area contributed by atoms with Crippen molar-refractivity contribution >= 4 is 19.6 Å². The molecule has 4 rings (SSSR count). The van der Waals surface area contributed by atoms with Crippen LogP contribution in [0.5, 0.6) is 5.75 Å². The summed E-state index contributed by atoms with van der Waals surface area (Å²) in [4.78, 5) is 1.41. The molecule has 0 fully saturated rings. The second kappa shape index (κ2) is 7.80. The van der Waals surface area contributed by atoms with Crippen LogP contribution in [0.2, 0.25) is 0 Å². The Labute approximate surface area is 172 Å².